The van der Waals surface area contributed by atoms with E-state index in [1.165, 1.54) is 18.4 Å². The van der Waals surface area contributed by atoms with Crippen molar-refractivity contribution in [1.82, 2.24) is 20.1 Å². The van der Waals surface area contributed by atoms with E-state index in [1.807, 2.05) is 35.2 Å². The lowest BCUT2D eigenvalue weighted by Gasteiger charge is -2.40. The topological polar surface area (TPSA) is 77.6 Å². The average molecular weight is 464 g/mol. The molecule has 7 nitrogen and oxygen atoms in total. The fraction of sp³-hybridized carbons (Fsp3) is 0.519. The molecule has 2 N–H and O–H groups in total. The SMILES string of the molecule is CC(C)c1ccc(NC(=O)N2CCN(C(C(=O)NCc3ccccn3)C3CCCC3)CC2)cc1. The summed E-state index contributed by atoms with van der Waals surface area (Å²) in [6, 6.07) is 13.6. The van der Waals surface area contributed by atoms with Crippen LogP contribution in [0.4, 0.5) is 10.5 Å². The molecule has 2 heterocycles. The van der Waals surface area contributed by atoms with E-state index < -0.39 is 0 Å². The quantitative estimate of drug-likeness (QED) is 0.644. The number of nitrogens with one attached hydrogen (secondary N) is 2. The molecule has 1 aromatic carbocycles. The molecule has 2 aromatic rings. The van der Waals surface area contributed by atoms with Crippen molar-refractivity contribution in [3.05, 3.63) is 59.9 Å². The van der Waals surface area contributed by atoms with Gasteiger partial charge in [0, 0.05) is 38.1 Å². The van der Waals surface area contributed by atoms with E-state index in [-0.39, 0.29) is 18.0 Å². The maximum atomic E-state index is 13.3. The predicted molar refractivity (Wildman–Crippen MR) is 135 cm³/mol. The van der Waals surface area contributed by atoms with Crippen LogP contribution in [0.1, 0.15) is 56.7 Å². The van der Waals surface area contributed by atoms with Gasteiger partial charge in [0.05, 0.1) is 18.3 Å². The molecular formula is C27H37N5O2. The van der Waals surface area contributed by atoms with Crippen LogP contribution in [0.15, 0.2) is 48.7 Å². The van der Waals surface area contributed by atoms with Crippen molar-refractivity contribution in [2.45, 2.75) is 58.0 Å². The molecule has 34 heavy (non-hydrogen) atoms. The first-order valence-electron chi connectivity index (χ1n) is 12.6. The fourth-order valence-electron chi connectivity index (χ4n) is 5.09. The maximum Gasteiger partial charge on any atom is 0.321 e. The molecule has 0 spiro atoms. The van der Waals surface area contributed by atoms with Crippen molar-refractivity contribution in [3.8, 4) is 0 Å². The molecule has 1 saturated heterocycles. The third-order valence-electron chi connectivity index (χ3n) is 7.11. The summed E-state index contributed by atoms with van der Waals surface area (Å²) >= 11 is 0. The number of rotatable bonds is 7. The van der Waals surface area contributed by atoms with Crippen molar-refractivity contribution < 1.29 is 9.59 Å². The summed E-state index contributed by atoms with van der Waals surface area (Å²) in [7, 11) is 0. The van der Waals surface area contributed by atoms with E-state index in [0.29, 0.717) is 44.6 Å². The number of pyridine rings is 1. The minimum atomic E-state index is -0.139. The molecule has 0 bridgehead atoms. The van der Waals surface area contributed by atoms with Crippen LogP contribution in [0.3, 0.4) is 0 Å². The molecule has 2 aliphatic rings. The highest BCUT2D eigenvalue weighted by Crippen LogP contribution is 2.31. The van der Waals surface area contributed by atoms with Gasteiger partial charge in [0.1, 0.15) is 0 Å². The number of hydrogen-bond acceptors (Lipinski definition) is 4. The molecule has 3 amide bonds. The van der Waals surface area contributed by atoms with Crippen LogP contribution in [-0.4, -0.2) is 58.9 Å². The Balaban J connectivity index is 1.32. The Morgan fingerprint density at radius 2 is 1.71 bits per heavy atom. The summed E-state index contributed by atoms with van der Waals surface area (Å²) in [6.07, 6.45) is 6.31. The number of amides is 3. The van der Waals surface area contributed by atoms with Crippen molar-refractivity contribution in [3.63, 3.8) is 0 Å². The Labute approximate surface area is 202 Å². The van der Waals surface area contributed by atoms with Gasteiger partial charge in [0.15, 0.2) is 0 Å². The molecule has 1 atom stereocenters. The summed E-state index contributed by atoms with van der Waals surface area (Å²) in [5, 5.41) is 6.14. The zero-order valence-electron chi connectivity index (χ0n) is 20.4. The van der Waals surface area contributed by atoms with Crippen LogP contribution >= 0.6 is 0 Å². The van der Waals surface area contributed by atoms with E-state index in [2.05, 4.69) is 46.5 Å². The molecule has 1 unspecified atom stereocenters. The lowest BCUT2D eigenvalue weighted by Crippen LogP contribution is -2.58. The Morgan fingerprint density at radius 3 is 2.32 bits per heavy atom. The number of nitrogens with zero attached hydrogens (tertiary/aromatic N) is 3. The molecular weight excluding hydrogens is 426 g/mol. The number of carbonyl (C=O) groups excluding carboxylic acids is 2. The lowest BCUT2D eigenvalue weighted by molar-refractivity contribution is -0.129. The predicted octanol–water partition coefficient (Wildman–Crippen LogP) is 4.23. The van der Waals surface area contributed by atoms with Gasteiger partial charge >= 0.3 is 6.03 Å². The van der Waals surface area contributed by atoms with Gasteiger partial charge in [-0.3, -0.25) is 14.7 Å². The zero-order valence-corrected chi connectivity index (χ0v) is 20.4. The number of hydrogen-bond donors (Lipinski definition) is 2. The number of carbonyl (C=O) groups is 2. The largest absolute Gasteiger partial charge is 0.349 e. The van der Waals surface area contributed by atoms with Gasteiger partial charge in [-0.05, 0) is 54.5 Å². The number of urea groups is 1. The lowest BCUT2D eigenvalue weighted by atomic mass is 9.95. The summed E-state index contributed by atoms with van der Waals surface area (Å²) in [4.78, 5) is 34.5. The van der Waals surface area contributed by atoms with Crippen molar-refractivity contribution >= 4 is 17.6 Å². The number of benzene rings is 1. The van der Waals surface area contributed by atoms with E-state index in [1.54, 1.807) is 6.20 Å². The summed E-state index contributed by atoms with van der Waals surface area (Å²) < 4.78 is 0. The third kappa shape index (κ3) is 6.14. The minimum Gasteiger partial charge on any atom is -0.349 e. The smallest absolute Gasteiger partial charge is 0.321 e. The molecule has 182 valence electrons. The first kappa shape index (κ1) is 24.2. The minimum absolute atomic E-state index is 0.0750. The molecule has 2 fully saturated rings. The monoisotopic (exact) mass is 463 g/mol. The van der Waals surface area contributed by atoms with Crippen LogP contribution in [0, 0.1) is 5.92 Å². The second kappa shape index (κ2) is 11.5. The fourth-order valence-corrected chi connectivity index (χ4v) is 5.09. The van der Waals surface area contributed by atoms with Gasteiger partial charge in [-0.15, -0.1) is 0 Å². The van der Waals surface area contributed by atoms with Gasteiger partial charge in [-0.1, -0.05) is 44.9 Å². The second-order valence-electron chi connectivity index (χ2n) is 9.76. The number of aromatic nitrogens is 1. The highest BCUT2D eigenvalue weighted by Gasteiger charge is 2.37. The second-order valence-corrected chi connectivity index (χ2v) is 9.76. The van der Waals surface area contributed by atoms with E-state index in [9.17, 15) is 9.59 Å². The van der Waals surface area contributed by atoms with Gasteiger partial charge in [-0.2, -0.15) is 0 Å². The molecule has 0 radical (unpaired) electrons. The molecule has 1 saturated carbocycles. The average Bonchev–Trinajstić information content (AvgIpc) is 3.38. The van der Waals surface area contributed by atoms with Gasteiger partial charge in [0.25, 0.3) is 0 Å². The van der Waals surface area contributed by atoms with Crippen molar-refractivity contribution in [1.29, 1.82) is 0 Å². The Bertz CT molecular complexity index is 933. The highest BCUT2D eigenvalue weighted by molar-refractivity contribution is 5.89. The molecule has 4 rings (SSSR count). The Kier molecular flexibility index (Phi) is 8.16. The van der Waals surface area contributed by atoms with Crippen LogP contribution in [0.25, 0.3) is 0 Å². The standard InChI is InChI=1S/C27H37N5O2/c1-20(2)21-10-12-23(13-11-21)30-27(34)32-17-15-31(16-18-32)25(22-7-3-4-8-22)26(33)29-19-24-9-5-6-14-28-24/h5-6,9-14,20,22,25H,3-4,7-8,15-19H2,1-2H3,(H,29,33)(H,30,34). The first-order chi connectivity index (χ1) is 16.5. The molecule has 1 aliphatic heterocycles. The Morgan fingerprint density at radius 1 is 1.00 bits per heavy atom. The van der Waals surface area contributed by atoms with Crippen LogP contribution in [0.5, 0.6) is 0 Å². The maximum absolute atomic E-state index is 13.3. The van der Waals surface area contributed by atoms with Crippen LogP contribution in [-0.2, 0) is 11.3 Å². The van der Waals surface area contributed by atoms with Gasteiger partial charge < -0.3 is 15.5 Å². The van der Waals surface area contributed by atoms with Gasteiger partial charge in [0.2, 0.25) is 5.91 Å². The van der Waals surface area contributed by atoms with E-state index >= 15 is 0 Å². The molecule has 1 aliphatic carbocycles. The van der Waals surface area contributed by atoms with Crippen molar-refractivity contribution in [2.75, 3.05) is 31.5 Å². The van der Waals surface area contributed by atoms with Crippen LogP contribution in [0.2, 0.25) is 0 Å². The van der Waals surface area contributed by atoms with Gasteiger partial charge in [-0.25, -0.2) is 4.79 Å². The van der Waals surface area contributed by atoms with E-state index in [4.69, 9.17) is 0 Å². The Hall–Kier alpha value is -2.93. The molecule has 1 aromatic heterocycles. The van der Waals surface area contributed by atoms with E-state index in [0.717, 1.165) is 24.2 Å². The zero-order chi connectivity index (χ0) is 23.9. The third-order valence-corrected chi connectivity index (χ3v) is 7.11. The summed E-state index contributed by atoms with van der Waals surface area (Å²) in [5.41, 5.74) is 2.93. The summed E-state index contributed by atoms with van der Waals surface area (Å²) in [6.45, 7) is 7.41. The van der Waals surface area contributed by atoms with Crippen LogP contribution < -0.4 is 10.6 Å². The number of anilines is 1. The normalized spacial score (nSPS) is 18.1. The highest BCUT2D eigenvalue weighted by atomic mass is 16.2. The first-order valence-corrected chi connectivity index (χ1v) is 12.6. The molecule has 7 heteroatoms. The summed E-state index contributed by atoms with van der Waals surface area (Å²) in [5.74, 6) is 0.927. The number of piperazine rings is 1. The van der Waals surface area contributed by atoms with Crippen molar-refractivity contribution in [2.24, 2.45) is 5.92 Å².